The van der Waals surface area contributed by atoms with Crippen molar-refractivity contribution < 1.29 is 0 Å². The van der Waals surface area contributed by atoms with E-state index < -0.39 is 5.41 Å². The number of rotatable bonds is 5. The Hall–Kier alpha value is -7.42. The number of fused-ring (bicyclic) bond motifs is 9. The molecule has 1 aliphatic rings. The zero-order valence-corrected chi connectivity index (χ0v) is 31.2. The maximum atomic E-state index is 2.43. The number of hydrogen-bond donors (Lipinski definition) is 0. The first-order valence-electron chi connectivity index (χ1n) is 19.8. The van der Waals surface area contributed by atoms with Gasteiger partial charge in [-0.1, -0.05) is 170 Å². The molecule has 0 spiro atoms. The third-order valence-electron chi connectivity index (χ3n) is 12.4. The molecule has 2 heterocycles. The van der Waals surface area contributed by atoms with Gasteiger partial charge in [-0.25, -0.2) is 0 Å². The van der Waals surface area contributed by atoms with E-state index in [0.29, 0.717) is 0 Å². The Morgan fingerprint density at radius 3 is 1.35 bits per heavy atom. The highest BCUT2D eigenvalue weighted by molar-refractivity contribution is 6.12. The standard InChI is InChI=1S/C55H36N2/c1-3-15-39(16-4-1)55(40-17-5-2-6-18-40)49-23-11-7-19-43(49)48-35-38(29-34-50(48)55)37-27-30-41(31-28-37)56-51-24-12-10-22-46(51)47-33-32-42(36-54(47)56)57-52-25-13-8-20-44(52)45-21-9-14-26-53(45)57/h1-36H. The van der Waals surface area contributed by atoms with E-state index in [1.54, 1.807) is 0 Å². The van der Waals surface area contributed by atoms with Crippen LogP contribution < -0.4 is 0 Å². The number of benzene rings is 9. The molecule has 0 saturated heterocycles. The van der Waals surface area contributed by atoms with Gasteiger partial charge in [0, 0.05) is 32.9 Å². The quantitative estimate of drug-likeness (QED) is 0.167. The number of para-hydroxylation sites is 3. The van der Waals surface area contributed by atoms with Gasteiger partial charge in [-0.3, -0.25) is 0 Å². The highest BCUT2D eigenvalue weighted by atomic mass is 15.0. The topological polar surface area (TPSA) is 9.86 Å². The van der Waals surface area contributed by atoms with Gasteiger partial charge in [0.15, 0.2) is 0 Å². The fourth-order valence-electron chi connectivity index (χ4n) is 10.0. The van der Waals surface area contributed by atoms with Crippen molar-refractivity contribution in [3.63, 3.8) is 0 Å². The van der Waals surface area contributed by atoms with E-state index in [-0.39, 0.29) is 0 Å². The molecule has 9 aromatic carbocycles. The predicted octanol–water partition coefficient (Wildman–Crippen LogP) is 13.9. The van der Waals surface area contributed by atoms with Crippen LogP contribution in [0.25, 0.3) is 77.2 Å². The van der Waals surface area contributed by atoms with Crippen LogP contribution in [0.15, 0.2) is 218 Å². The molecule has 0 aliphatic heterocycles. The maximum absolute atomic E-state index is 2.43. The monoisotopic (exact) mass is 724 g/mol. The SMILES string of the molecule is c1ccc(C2(c3ccccc3)c3ccccc3-c3cc(-c4ccc(-n5c6ccccc6c6ccc(-n7c8ccccc8c8ccccc87)cc65)cc4)ccc32)cc1. The smallest absolute Gasteiger partial charge is 0.0713 e. The van der Waals surface area contributed by atoms with Crippen molar-refractivity contribution in [3.05, 3.63) is 241 Å². The Balaban J connectivity index is 1.00. The summed E-state index contributed by atoms with van der Waals surface area (Å²) >= 11 is 0. The van der Waals surface area contributed by atoms with E-state index in [9.17, 15) is 0 Å². The molecule has 266 valence electrons. The van der Waals surface area contributed by atoms with Crippen LogP contribution in [0.4, 0.5) is 0 Å². The van der Waals surface area contributed by atoms with Crippen LogP contribution in [0.1, 0.15) is 22.3 Å². The Morgan fingerprint density at radius 2 is 0.737 bits per heavy atom. The van der Waals surface area contributed by atoms with Gasteiger partial charge in [0.2, 0.25) is 0 Å². The van der Waals surface area contributed by atoms with Crippen molar-refractivity contribution >= 4 is 43.6 Å². The van der Waals surface area contributed by atoms with Crippen LogP contribution in [0.3, 0.4) is 0 Å². The average molecular weight is 725 g/mol. The van der Waals surface area contributed by atoms with Crippen LogP contribution in [0.2, 0.25) is 0 Å². The molecule has 0 bridgehead atoms. The minimum atomic E-state index is -0.397. The lowest BCUT2D eigenvalue weighted by atomic mass is 9.67. The Morgan fingerprint density at radius 1 is 0.281 bits per heavy atom. The summed E-state index contributed by atoms with van der Waals surface area (Å²) in [7, 11) is 0. The minimum absolute atomic E-state index is 0.397. The Kier molecular flexibility index (Phi) is 6.88. The molecule has 0 N–H and O–H groups in total. The summed E-state index contributed by atoms with van der Waals surface area (Å²) in [4.78, 5) is 0. The lowest BCUT2D eigenvalue weighted by molar-refractivity contribution is 0.768. The second kappa shape index (κ2) is 12.3. The summed E-state index contributed by atoms with van der Waals surface area (Å²) < 4.78 is 4.84. The summed E-state index contributed by atoms with van der Waals surface area (Å²) in [5, 5.41) is 5.04. The first-order valence-corrected chi connectivity index (χ1v) is 19.8. The summed E-state index contributed by atoms with van der Waals surface area (Å²) in [6.07, 6.45) is 0. The van der Waals surface area contributed by atoms with Crippen molar-refractivity contribution in [1.29, 1.82) is 0 Å². The summed E-state index contributed by atoms with van der Waals surface area (Å²) in [5.74, 6) is 0. The molecular formula is C55H36N2. The molecule has 0 radical (unpaired) electrons. The molecule has 57 heavy (non-hydrogen) atoms. The molecule has 0 atom stereocenters. The van der Waals surface area contributed by atoms with Gasteiger partial charge >= 0.3 is 0 Å². The zero-order valence-electron chi connectivity index (χ0n) is 31.2. The first-order chi connectivity index (χ1) is 28.3. The minimum Gasteiger partial charge on any atom is -0.309 e. The molecule has 1 aliphatic carbocycles. The van der Waals surface area contributed by atoms with E-state index in [1.165, 1.54) is 88.1 Å². The van der Waals surface area contributed by atoms with Crippen molar-refractivity contribution in [2.75, 3.05) is 0 Å². The Labute approximate surface area is 331 Å². The maximum Gasteiger partial charge on any atom is 0.0713 e. The highest BCUT2D eigenvalue weighted by Gasteiger charge is 2.45. The fourth-order valence-corrected chi connectivity index (χ4v) is 10.0. The van der Waals surface area contributed by atoms with Gasteiger partial charge < -0.3 is 9.13 Å². The third-order valence-corrected chi connectivity index (χ3v) is 12.4. The summed E-state index contributed by atoms with van der Waals surface area (Å²) in [6.45, 7) is 0. The molecule has 0 fully saturated rings. The van der Waals surface area contributed by atoms with Crippen LogP contribution in [0.5, 0.6) is 0 Å². The fraction of sp³-hybridized carbons (Fsp3) is 0.0182. The predicted molar refractivity (Wildman–Crippen MR) is 238 cm³/mol. The molecule has 11 aromatic rings. The van der Waals surface area contributed by atoms with Crippen LogP contribution in [0, 0.1) is 0 Å². The van der Waals surface area contributed by atoms with Crippen LogP contribution in [-0.2, 0) is 5.41 Å². The second-order valence-corrected chi connectivity index (χ2v) is 15.3. The van der Waals surface area contributed by atoms with E-state index in [1.807, 2.05) is 0 Å². The zero-order chi connectivity index (χ0) is 37.5. The van der Waals surface area contributed by atoms with Crippen molar-refractivity contribution in [2.24, 2.45) is 0 Å². The number of hydrogen-bond acceptors (Lipinski definition) is 0. The van der Waals surface area contributed by atoms with Gasteiger partial charge in [-0.05, 0) is 93.0 Å². The molecule has 12 rings (SSSR count). The molecule has 0 saturated carbocycles. The van der Waals surface area contributed by atoms with Crippen molar-refractivity contribution in [2.45, 2.75) is 5.41 Å². The molecule has 2 heteroatoms. The van der Waals surface area contributed by atoms with Crippen LogP contribution >= 0.6 is 0 Å². The van der Waals surface area contributed by atoms with Crippen LogP contribution in [-0.4, -0.2) is 9.13 Å². The van der Waals surface area contributed by atoms with Gasteiger partial charge in [-0.15, -0.1) is 0 Å². The van der Waals surface area contributed by atoms with E-state index in [4.69, 9.17) is 0 Å². The average Bonchev–Trinajstić information content (AvgIpc) is 3.91. The van der Waals surface area contributed by atoms with Gasteiger partial charge in [-0.2, -0.15) is 0 Å². The van der Waals surface area contributed by atoms with E-state index in [2.05, 4.69) is 228 Å². The molecular weight excluding hydrogens is 689 g/mol. The lowest BCUT2D eigenvalue weighted by Gasteiger charge is -2.33. The highest BCUT2D eigenvalue weighted by Crippen LogP contribution is 2.56. The molecule has 0 unspecified atom stereocenters. The van der Waals surface area contributed by atoms with Gasteiger partial charge in [0.1, 0.15) is 0 Å². The summed E-state index contributed by atoms with van der Waals surface area (Å²) in [6, 6.07) is 80.4. The third kappa shape index (κ3) is 4.53. The molecule has 2 nitrogen and oxygen atoms in total. The van der Waals surface area contributed by atoms with Crippen molar-refractivity contribution in [1.82, 2.24) is 9.13 Å². The Bertz CT molecular complexity index is 3240. The second-order valence-electron chi connectivity index (χ2n) is 15.3. The van der Waals surface area contributed by atoms with Crippen molar-refractivity contribution in [3.8, 4) is 33.6 Å². The molecule has 2 aromatic heterocycles. The summed E-state index contributed by atoms with van der Waals surface area (Å²) in [5.41, 5.74) is 16.9. The number of nitrogens with zero attached hydrogens (tertiary/aromatic N) is 2. The normalized spacial score (nSPS) is 13.1. The first kappa shape index (κ1) is 31.9. The number of aromatic nitrogens is 2. The van der Waals surface area contributed by atoms with E-state index >= 15 is 0 Å². The van der Waals surface area contributed by atoms with E-state index in [0.717, 1.165) is 11.4 Å². The largest absolute Gasteiger partial charge is 0.309 e. The molecule has 0 amide bonds. The van der Waals surface area contributed by atoms with Gasteiger partial charge in [0.25, 0.3) is 0 Å². The van der Waals surface area contributed by atoms with Gasteiger partial charge in [0.05, 0.1) is 27.5 Å². The lowest BCUT2D eigenvalue weighted by Crippen LogP contribution is -2.28.